The van der Waals surface area contributed by atoms with Gasteiger partial charge in [0.05, 0.1) is 26.4 Å². The minimum absolute atomic E-state index is 0.105. The molecule has 0 rings (SSSR count). The van der Waals surface area contributed by atoms with Gasteiger partial charge in [-0.15, -0.1) is 0 Å². The largest absolute Gasteiger partial charge is 0.472 e. The lowest BCUT2D eigenvalue weighted by molar-refractivity contribution is -0.161. The van der Waals surface area contributed by atoms with Gasteiger partial charge >= 0.3 is 39.5 Å². The summed E-state index contributed by atoms with van der Waals surface area (Å²) in [6.45, 7) is 9.51. The number of aliphatic hydroxyl groups is 1. The van der Waals surface area contributed by atoms with Gasteiger partial charge in [0.25, 0.3) is 0 Å². The molecule has 0 aromatic carbocycles. The Balaban J connectivity index is 5.25. The van der Waals surface area contributed by atoms with Crippen LogP contribution < -0.4 is 0 Å². The highest BCUT2D eigenvalue weighted by Crippen LogP contribution is 2.45. The minimum atomic E-state index is -4.95. The van der Waals surface area contributed by atoms with Crippen LogP contribution in [0.1, 0.15) is 363 Å². The maximum absolute atomic E-state index is 13.0. The molecule has 19 heteroatoms. The minimum Gasteiger partial charge on any atom is -0.462 e. The first-order chi connectivity index (χ1) is 43.4. The fourth-order valence-corrected chi connectivity index (χ4v) is 12.3. The second kappa shape index (κ2) is 63.1. The Kier molecular flexibility index (Phi) is 61.8. The van der Waals surface area contributed by atoms with Gasteiger partial charge in [-0.3, -0.25) is 37.3 Å². The number of carbonyl (C=O) groups is 4. The van der Waals surface area contributed by atoms with Gasteiger partial charge in [-0.1, -0.05) is 311 Å². The number of phosphoric acid groups is 2. The number of aliphatic hydroxyl groups excluding tert-OH is 1. The summed E-state index contributed by atoms with van der Waals surface area (Å²) >= 11 is 0. The van der Waals surface area contributed by atoms with Gasteiger partial charge < -0.3 is 33.8 Å². The Morgan fingerprint density at radius 2 is 0.511 bits per heavy atom. The van der Waals surface area contributed by atoms with Gasteiger partial charge in [0.2, 0.25) is 0 Å². The topological polar surface area (TPSA) is 237 Å². The van der Waals surface area contributed by atoms with E-state index in [1.807, 2.05) is 0 Å². The average Bonchev–Trinajstić information content (AvgIpc) is 3.30. The van der Waals surface area contributed by atoms with Crippen LogP contribution in [0.2, 0.25) is 0 Å². The summed E-state index contributed by atoms with van der Waals surface area (Å²) in [4.78, 5) is 72.6. The molecule has 0 aliphatic heterocycles. The highest BCUT2D eigenvalue weighted by Gasteiger charge is 2.30. The molecule has 0 bridgehead atoms. The molecular weight excluding hydrogens is 1190 g/mol. The van der Waals surface area contributed by atoms with E-state index >= 15 is 0 Å². The van der Waals surface area contributed by atoms with Crippen LogP contribution in [0.4, 0.5) is 0 Å². The molecule has 0 spiro atoms. The number of unbranched alkanes of at least 4 members (excludes halogenated alkanes) is 40. The van der Waals surface area contributed by atoms with Gasteiger partial charge in [-0.25, -0.2) is 9.13 Å². The second-order valence-electron chi connectivity index (χ2n) is 26.6. The number of hydrogen-bond acceptors (Lipinski definition) is 15. The van der Waals surface area contributed by atoms with Crippen LogP contribution >= 0.6 is 15.6 Å². The molecule has 0 heterocycles. The molecule has 0 aliphatic rings. The number of carbonyl (C=O) groups excluding carboxylic acids is 4. The third kappa shape index (κ3) is 64.8. The highest BCUT2D eigenvalue weighted by atomic mass is 31.2. The monoisotopic (exact) mass is 1320 g/mol. The summed E-state index contributed by atoms with van der Waals surface area (Å²) in [6, 6.07) is 0. The number of phosphoric ester groups is 2. The van der Waals surface area contributed by atoms with Crippen LogP contribution in [0, 0.1) is 11.8 Å². The zero-order valence-electron chi connectivity index (χ0n) is 58.4. The molecule has 3 N–H and O–H groups in total. The van der Waals surface area contributed by atoms with Gasteiger partial charge in [-0.2, -0.15) is 0 Å². The molecule has 0 saturated carbocycles. The summed E-state index contributed by atoms with van der Waals surface area (Å²) < 4.78 is 68.3. The summed E-state index contributed by atoms with van der Waals surface area (Å²) in [6.07, 6.45) is 48.5. The first kappa shape index (κ1) is 88.1. The van der Waals surface area contributed by atoms with Crippen molar-refractivity contribution in [1.82, 2.24) is 0 Å². The maximum atomic E-state index is 13.0. The molecule has 0 aliphatic carbocycles. The van der Waals surface area contributed by atoms with Gasteiger partial charge in [0.1, 0.15) is 19.3 Å². The maximum Gasteiger partial charge on any atom is 0.472 e. The first-order valence-electron chi connectivity index (χ1n) is 37.0. The van der Waals surface area contributed by atoms with E-state index in [1.165, 1.54) is 180 Å². The van der Waals surface area contributed by atoms with Crippen molar-refractivity contribution in [2.75, 3.05) is 39.6 Å². The van der Waals surface area contributed by atoms with Crippen LogP contribution in [-0.4, -0.2) is 96.7 Å². The lowest BCUT2D eigenvalue weighted by atomic mass is 10.0. The van der Waals surface area contributed by atoms with Gasteiger partial charge in [0, 0.05) is 25.7 Å². The second-order valence-corrected chi connectivity index (χ2v) is 29.5. The van der Waals surface area contributed by atoms with E-state index in [0.29, 0.717) is 25.7 Å². The normalized spacial score (nSPS) is 14.1. The zero-order valence-corrected chi connectivity index (χ0v) is 60.2. The molecule has 90 heavy (non-hydrogen) atoms. The van der Waals surface area contributed by atoms with Gasteiger partial charge in [-0.05, 0) is 37.5 Å². The summed E-state index contributed by atoms with van der Waals surface area (Å²) in [7, 11) is -9.90. The van der Waals surface area contributed by atoms with E-state index in [9.17, 15) is 43.2 Å². The van der Waals surface area contributed by atoms with Crippen LogP contribution in [0.15, 0.2) is 0 Å². The Labute approximate surface area is 549 Å². The van der Waals surface area contributed by atoms with E-state index in [0.717, 1.165) is 102 Å². The van der Waals surface area contributed by atoms with Crippen molar-refractivity contribution in [2.24, 2.45) is 11.8 Å². The molecule has 2 unspecified atom stereocenters. The Morgan fingerprint density at radius 1 is 0.300 bits per heavy atom. The van der Waals surface area contributed by atoms with E-state index in [2.05, 4.69) is 41.5 Å². The predicted molar refractivity (Wildman–Crippen MR) is 363 cm³/mol. The van der Waals surface area contributed by atoms with Crippen molar-refractivity contribution in [3.63, 3.8) is 0 Å². The van der Waals surface area contributed by atoms with Crippen molar-refractivity contribution in [2.45, 2.75) is 381 Å². The standard InChI is InChI=1S/C71H138O17P2/c1-7-9-11-13-15-17-19-20-21-22-24-30-37-43-49-55-70(75)87-66(59-82-69(74)54-48-42-36-29-26-25-27-33-39-45-51-63(3)4)61-85-89(77,78)83-57-65(72)58-84-90(79,80)86-62-67(88-71(76)56-50-44-38-32-31-34-40-46-52-64(5)6)60-81-68(73)53-47-41-35-28-23-18-16-14-12-10-8-2/h63-67,72H,7-62H2,1-6H3,(H,77,78)(H,79,80)/t65-,66-,67-/m1/s1. The third-order valence-corrected chi connectivity index (χ3v) is 18.4. The molecule has 0 aromatic heterocycles. The lowest BCUT2D eigenvalue weighted by Gasteiger charge is -2.21. The number of hydrogen-bond donors (Lipinski definition) is 3. The van der Waals surface area contributed by atoms with Crippen molar-refractivity contribution < 1.29 is 80.2 Å². The van der Waals surface area contributed by atoms with E-state index < -0.39 is 97.5 Å². The summed E-state index contributed by atoms with van der Waals surface area (Å²) in [5, 5.41) is 10.6. The van der Waals surface area contributed by atoms with Crippen molar-refractivity contribution in [1.29, 1.82) is 0 Å². The van der Waals surface area contributed by atoms with Crippen LogP contribution in [0.3, 0.4) is 0 Å². The van der Waals surface area contributed by atoms with Crippen molar-refractivity contribution in [3.8, 4) is 0 Å². The SMILES string of the molecule is CCCCCCCCCCCCCCCCCC(=O)O[C@H](COC(=O)CCCCCCCCCCCCC(C)C)COP(=O)(O)OC[C@@H](O)COP(=O)(O)OC[C@@H](COC(=O)CCCCCCCCCCCCC)OC(=O)CCCCCCCCCCC(C)C. The molecule has 0 fully saturated rings. The van der Waals surface area contributed by atoms with E-state index in [4.69, 9.17) is 37.0 Å². The molecule has 5 atom stereocenters. The fraction of sp³-hybridized carbons (Fsp3) is 0.944. The first-order valence-corrected chi connectivity index (χ1v) is 40.0. The Bertz CT molecular complexity index is 1750. The molecule has 0 amide bonds. The predicted octanol–water partition coefficient (Wildman–Crippen LogP) is 20.4. The zero-order chi connectivity index (χ0) is 66.5. The molecule has 17 nitrogen and oxygen atoms in total. The smallest absolute Gasteiger partial charge is 0.462 e. The molecule has 0 saturated heterocycles. The fourth-order valence-electron chi connectivity index (χ4n) is 10.8. The molecule has 534 valence electrons. The van der Waals surface area contributed by atoms with Crippen LogP contribution in [0.5, 0.6) is 0 Å². The number of esters is 4. The number of rotatable bonds is 70. The lowest BCUT2D eigenvalue weighted by Crippen LogP contribution is -2.30. The Morgan fingerprint density at radius 3 is 0.756 bits per heavy atom. The van der Waals surface area contributed by atoms with E-state index in [-0.39, 0.29) is 25.7 Å². The van der Waals surface area contributed by atoms with Gasteiger partial charge in [0.15, 0.2) is 12.2 Å². The summed E-state index contributed by atoms with van der Waals surface area (Å²) in [5.74, 6) is -0.645. The highest BCUT2D eigenvalue weighted by molar-refractivity contribution is 7.47. The third-order valence-electron chi connectivity index (χ3n) is 16.5. The summed E-state index contributed by atoms with van der Waals surface area (Å²) in [5.41, 5.74) is 0. The average molecular weight is 1330 g/mol. The quantitative estimate of drug-likeness (QED) is 0.0222. The van der Waals surface area contributed by atoms with Crippen molar-refractivity contribution >= 4 is 39.5 Å². The van der Waals surface area contributed by atoms with Crippen molar-refractivity contribution in [3.05, 3.63) is 0 Å². The van der Waals surface area contributed by atoms with E-state index in [1.54, 1.807) is 0 Å². The number of ether oxygens (including phenoxy) is 4. The van der Waals surface area contributed by atoms with Crippen LogP contribution in [0.25, 0.3) is 0 Å². The molecule has 0 aromatic rings. The molecular formula is C71H138O17P2. The van der Waals surface area contributed by atoms with Crippen LogP contribution in [-0.2, 0) is 65.4 Å². The molecule has 0 radical (unpaired) electrons. The Hall–Kier alpha value is -1.94.